The van der Waals surface area contributed by atoms with Gasteiger partial charge in [0.2, 0.25) is 5.16 Å². The highest BCUT2D eigenvalue weighted by atomic mass is 32.2. The number of fused-ring (bicyclic) bond motifs is 1. The highest BCUT2D eigenvalue weighted by Gasteiger charge is 2.11. The Kier molecular flexibility index (Phi) is 5.30. The summed E-state index contributed by atoms with van der Waals surface area (Å²) in [4.78, 5) is 19.4. The van der Waals surface area contributed by atoms with Gasteiger partial charge in [-0.1, -0.05) is 37.2 Å². The molecule has 0 bridgehead atoms. The van der Waals surface area contributed by atoms with E-state index in [0.717, 1.165) is 17.6 Å². The molecule has 7 nitrogen and oxygen atoms in total. The van der Waals surface area contributed by atoms with Crippen LogP contribution in [0.5, 0.6) is 0 Å². The predicted molar refractivity (Wildman–Crippen MR) is 108 cm³/mol. The average molecular weight is 399 g/mol. The van der Waals surface area contributed by atoms with Crippen LogP contribution < -0.4 is 5.56 Å². The number of aromatic nitrogens is 6. The predicted octanol–water partition coefficient (Wildman–Crippen LogP) is 3.60. The molecular weight excluding hydrogens is 380 g/mol. The first kappa shape index (κ1) is 17.9. The van der Waals surface area contributed by atoms with Crippen molar-refractivity contribution in [3.05, 3.63) is 57.5 Å². The molecule has 3 aromatic heterocycles. The molecule has 9 heteroatoms. The summed E-state index contributed by atoms with van der Waals surface area (Å²) in [6.45, 7) is 2.19. The lowest BCUT2D eigenvalue weighted by molar-refractivity contribution is 0.753. The second-order valence-electron chi connectivity index (χ2n) is 6.08. The Morgan fingerprint density at radius 2 is 2.07 bits per heavy atom. The van der Waals surface area contributed by atoms with Gasteiger partial charge in [0, 0.05) is 0 Å². The maximum absolute atomic E-state index is 12.1. The van der Waals surface area contributed by atoms with Crippen LogP contribution in [0.25, 0.3) is 15.9 Å². The fraction of sp³-hybridized carbons (Fsp3) is 0.278. The van der Waals surface area contributed by atoms with Crippen molar-refractivity contribution < 1.29 is 0 Å². The average Bonchev–Trinajstić information content (AvgIpc) is 3.34. The minimum atomic E-state index is -0.104. The first-order valence-electron chi connectivity index (χ1n) is 8.71. The Morgan fingerprint density at radius 3 is 2.89 bits per heavy atom. The van der Waals surface area contributed by atoms with E-state index in [0.29, 0.717) is 21.4 Å². The molecular formula is C18H18N6OS2. The van der Waals surface area contributed by atoms with Gasteiger partial charge in [-0.25, -0.2) is 4.98 Å². The van der Waals surface area contributed by atoms with Crippen LogP contribution in [0.3, 0.4) is 0 Å². The van der Waals surface area contributed by atoms with E-state index in [2.05, 4.69) is 44.5 Å². The second kappa shape index (κ2) is 8.01. The summed E-state index contributed by atoms with van der Waals surface area (Å²) in [5.41, 5.74) is 2.85. The third-order valence-corrected chi connectivity index (χ3v) is 5.98. The molecule has 1 aromatic carbocycles. The summed E-state index contributed by atoms with van der Waals surface area (Å²) in [6, 6.07) is 10.1. The summed E-state index contributed by atoms with van der Waals surface area (Å²) in [6.07, 6.45) is 3.45. The molecule has 0 saturated heterocycles. The Labute approximate surface area is 163 Å². The first-order valence-corrected chi connectivity index (χ1v) is 10.6. The van der Waals surface area contributed by atoms with Gasteiger partial charge in [0.1, 0.15) is 10.5 Å². The minimum Gasteiger partial charge on any atom is -0.309 e. The number of thioether (sulfide) groups is 1. The molecule has 3 heterocycles. The standard InChI is InChI=1S/C18H18N6OS2/c1-2-3-4-12-5-7-13(8-6-12)24-18(21-22-23-24)27-11-15-19-14-9-10-26-16(14)17(25)20-15/h5-10H,2-4,11H2,1H3,(H,19,20,25). The molecule has 0 atom stereocenters. The summed E-state index contributed by atoms with van der Waals surface area (Å²) in [5.74, 6) is 1.09. The van der Waals surface area contributed by atoms with Gasteiger partial charge < -0.3 is 4.98 Å². The molecule has 138 valence electrons. The molecule has 4 rings (SSSR count). The zero-order valence-electron chi connectivity index (χ0n) is 14.8. The molecule has 0 amide bonds. The van der Waals surface area contributed by atoms with Gasteiger partial charge >= 0.3 is 0 Å². The molecule has 27 heavy (non-hydrogen) atoms. The van der Waals surface area contributed by atoms with Crippen LogP contribution in [0.4, 0.5) is 0 Å². The maximum Gasteiger partial charge on any atom is 0.268 e. The van der Waals surface area contributed by atoms with E-state index >= 15 is 0 Å². The van der Waals surface area contributed by atoms with Crippen LogP contribution in [0.1, 0.15) is 31.2 Å². The SMILES string of the molecule is CCCCc1ccc(-n2nnnc2SCc2nc3ccsc3c(=O)[nH]2)cc1. The van der Waals surface area contributed by atoms with Gasteiger partial charge in [-0.2, -0.15) is 4.68 Å². The molecule has 0 aliphatic heterocycles. The number of nitrogens with zero attached hydrogens (tertiary/aromatic N) is 5. The normalized spacial score (nSPS) is 11.3. The monoisotopic (exact) mass is 398 g/mol. The topological polar surface area (TPSA) is 89.3 Å². The largest absolute Gasteiger partial charge is 0.309 e. The smallest absolute Gasteiger partial charge is 0.268 e. The van der Waals surface area contributed by atoms with E-state index < -0.39 is 0 Å². The highest BCUT2D eigenvalue weighted by Crippen LogP contribution is 2.22. The van der Waals surface area contributed by atoms with Crippen LogP contribution in [-0.2, 0) is 12.2 Å². The molecule has 4 aromatic rings. The summed E-state index contributed by atoms with van der Waals surface area (Å²) >= 11 is 2.83. The molecule has 0 aliphatic rings. The van der Waals surface area contributed by atoms with E-state index in [4.69, 9.17) is 0 Å². The Hall–Kier alpha value is -2.52. The van der Waals surface area contributed by atoms with E-state index in [9.17, 15) is 4.79 Å². The number of aromatic amines is 1. The third kappa shape index (κ3) is 3.93. The number of benzene rings is 1. The van der Waals surface area contributed by atoms with Crippen LogP contribution in [-0.4, -0.2) is 30.2 Å². The van der Waals surface area contributed by atoms with Gasteiger partial charge in [0.25, 0.3) is 5.56 Å². The number of hydrogen-bond acceptors (Lipinski definition) is 7. The van der Waals surface area contributed by atoms with E-state index in [-0.39, 0.29) is 5.56 Å². The van der Waals surface area contributed by atoms with Crippen molar-refractivity contribution in [2.24, 2.45) is 0 Å². The Morgan fingerprint density at radius 1 is 1.22 bits per heavy atom. The third-order valence-electron chi connectivity index (χ3n) is 4.14. The Bertz CT molecular complexity index is 1100. The number of tetrazole rings is 1. The van der Waals surface area contributed by atoms with Crippen LogP contribution in [0, 0.1) is 0 Å². The lowest BCUT2D eigenvalue weighted by Crippen LogP contribution is -2.09. The quantitative estimate of drug-likeness (QED) is 0.479. The summed E-state index contributed by atoms with van der Waals surface area (Å²) < 4.78 is 2.35. The molecule has 0 fully saturated rings. The number of thiophene rings is 1. The number of H-pyrrole nitrogens is 1. The molecule has 0 radical (unpaired) electrons. The van der Waals surface area contributed by atoms with Crippen molar-refractivity contribution >= 4 is 33.3 Å². The zero-order chi connectivity index (χ0) is 18.6. The number of hydrogen-bond donors (Lipinski definition) is 1. The molecule has 0 spiro atoms. The van der Waals surface area contributed by atoms with Crippen molar-refractivity contribution in [3.63, 3.8) is 0 Å². The molecule has 0 unspecified atom stereocenters. The van der Waals surface area contributed by atoms with Crippen molar-refractivity contribution in [1.82, 2.24) is 30.2 Å². The van der Waals surface area contributed by atoms with Crippen molar-refractivity contribution in [2.45, 2.75) is 37.1 Å². The number of aryl methyl sites for hydroxylation is 1. The van der Waals surface area contributed by atoms with Crippen LogP contribution in [0.15, 0.2) is 45.7 Å². The van der Waals surface area contributed by atoms with Crippen molar-refractivity contribution in [3.8, 4) is 5.69 Å². The van der Waals surface area contributed by atoms with Gasteiger partial charge in [-0.05, 0) is 52.4 Å². The van der Waals surface area contributed by atoms with Gasteiger partial charge in [-0.3, -0.25) is 4.79 Å². The number of nitrogens with one attached hydrogen (secondary N) is 1. The molecule has 1 N–H and O–H groups in total. The molecule has 0 saturated carbocycles. The lowest BCUT2D eigenvalue weighted by Gasteiger charge is -2.06. The fourth-order valence-corrected chi connectivity index (χ4v) is 4.23. The van der Waals surface area contributed by atoms with Crippen molar-refractivity contribution in [2.75, 3.05) is 0 Å². The van der Waals surface area contributed by atoms with E-state index in [1.165, 1.54) is 41.5 Å². The summed E-state index contributed by atoms with van der Waals surface area (Å²) in [5, 5.41) is 14.5. The lowest BCUT2D eigenvalue weighted by atomic mass is 10.1. The van der Waals surface area contributed by atoms with Gasteiger partial charge in [0.05, 0.1) is 17.0 Å². The molecule has 0 aliphatic carbocycles. The van der Waals surface area contributed by atoms with Gasteiger partial charge in [-0.15, -0.1) is 16.4 Å². The van der Waals surface area contributed by atoms with E-state index in [1.54, 1.807) is 4.68 Å². The van der Waals surface area contributed by atoms with Crippen LogP contribution >= 0.6 is 23.1 Å². The van der Waals surface area contributed by atoms with Gasteiger partial charge in [0.15, 0.2) is 0 Å². The summed E-state index contributed by atoms with van der Waals surface area (Å²) in [7, 11) is 0. The fourth-order valence-electron chi connectivity index (χ4n) is 2.74. The first-order chi connectivity index (χ1) is 13.2. The minimum absolute atomic E-state index is 0.104. The van der Waals surface area contributed by atoms with E-state index in [1.807, 2.05) is 23.6 Å². The van der Waals surface area contributed by atoms with Crippen molar-refractivity contribution in [1.29, 1.82) is 0 Å². The highest BCUT2D eigenvalue weighted by molar-refractivity contribution is 7.98. The van der Waals surface area contributed by atoms with Crippen LogP contribution in [0.2, 0.25) is 0 Å². The second-order valence-corrected chi connectivity index (χ2v) is 7.94. The Balaban J connectivity index is 1.50. The maximum atomic E-state index is 12.1. The number of rotatable bonds is 7. The number of unbranched alkanes of at least 4 members (excludes halogenated alkanes) is 1. The zero-order valence-corrected chi connectivity index (χ0v) is 16.4.